The van der Waals surface area contributed by atoms with E-state index in [0.717, 1.165) is 0 Å². The second kappa shape index (κ2) is 2.61. The lowest BCUT2D eigenvalue weighted by Gasteiger charge is -2.01. The number of rotatable bonds is 2. The summed E-state index contributed by atoms with van der Waals surface area (Å²) in [6.45, 7) is 3.84. The van der Waals surface area contributed by atoms with Gasteiger partial charge < -0.3 is 0 Å². The van der Waals surface area contributed by atoms with Gasteiger partial charge in [0.05, 0.1) is 6.26 Å². The number of nitrogens with one attached hydrogen (secondary N) is 1. The standard InChI is InChI=1S/C3H11NO2SSi/c1-7(5,6)4-8(2)3/h4,8H,1-3H3. The van der Waals surface area contributed by atoms with E-state index in [1.807, 2.05) is 13.1 Å². The molecule has 0 aromatic heterocycles. The van der Waals surface area contributed by atoms with Crippen LogP contribution in [0.4, 0.5) is 0 Å². The molecule has 50 valence electrons. The fraction of sp³-hybridized carbons (Fsp3) is 1.00. The van der Waals surface area contributed by atoms with Crippen molar-refractivity contribution in [1.82, 2.24) is 4.39 Å². The Morgan fingerprint density at radius 3 is 1.75 bits per heavy atom. The molecule has 8 heavy (non-hydrogen) atoms. The SMILES string of the molecule is C[SiH](C)NS(C)(=O)=O. The van der Waals surface area contributed by atoms with E-state index in [2.05, 4.69) is 4.39 Å². The maximum Gasteiger partial charge on any atom is 0.202 e. The molecule has 0 aromatic carbocycles. The molecule has 0 aromatic rings. The first kappa shape index (κ1) is 8.13. The van der Waals surface area contributed by atoms with Crippen LogP contribution in [0.3, 0.4) is 0 Å². The van der Waals surface area contributed by atoms with Crippen molar-refractivity contribution in [2.75, 3.05) is 6.26 Å². The summed E-state index contributed by atoms with van der Waals surface area (Å²) in [5, 5.41) is 0. The van der Waals surface area contributed by atoms with Crippen LogP contribution in [-0.2, 0) is 10.0 Å². The molecule has 0 radical (unpaired) electrons. The molecule has 3 nitrogen and oxygen atoms in total. The number of sulfonamides is 1. The highest BCUT2D eigenvalue weighted by Crippen LogP contribution is 1.76. The van der Waals surface area contributed by atoms with E-state index < -0.39 is 19.0 Å². The Labute approximate surface area is 51.8 Å². The summed E-state index contributed by atoms with van der Waals surface area (Å²) < 4.78 is 23.2. The zero-order valence-corrected chi connectivity index (χ0v) is 7.27. The van der Waals surface area contributed by atoms with Crippen molar-refractivity contribution in [2.24, 2.45) is 0 Å². The lowest BCUT2D eigenvalue weighted by atomic mass is 11.9. The van der Waals surface area contributed by atoms with Crippen molar-refractivity contribution in [3.63, 3.8) is 0 Å². The fourth-order valence-corrected chi connectivity index (χ4v) is 3.85. The zero-order chi connectivity index (χ0) is 6.78. The molecule has 0 fully saturated rings. The highest BCUT2D eigenvalue weighted by molar-refractivity contribution is 7.89. The number of hydrogen-bond donors (Lipinski definition) is 1. The van der Waals surface area contributed by atoms with Gasteiger partial charge in [0.1, 0.15) is 8.96 Å². The molecule has 0 aliphatic rings. The second-order valence-electron chi connectivity index (χ2n) is 2.04. The summed E-state index contributed by atoms with van der Waals surface area (Å²) in [4.78, 5) is 0. The molecule has 5 heteroatoms. The lowest BCUT2D eigenvalue weighted by molar-refractivity contribution is 0.599. The molecule has 0 atom stereocenters. The third-order valence-corrected chi connectivity index (χ3v) is 4.05. The zero-order valence-electron chi connectivity index (χ0n) is 5.30. The second-order valence-corrected chi connectivity index (χ2v) is 6.84. The van der Waals surface area contributed by atoms with Crippen LogP contribution in [0, 0.1) is 0 Å². The quantitative estimate of drug-likeness (QED) is 0.545. The molecule has 0 rings (SSSR count). The maximum atomic E-state index is 10.4. The van der Waals surface area contributed by atoms with Crippen molar-refractivity contribution >= 4 is 19.0 Å². The van der Waals surface area contributed by atoms with Gasteiger partial charge in [0.2, 0.25) is 10.0 Å². The van der Waals surface area contributed by atoms with Gasteiger partial charge in [0, 0.05) is 0 Å². The predicted octanol–water partition coefficient (Wildman–Crippen LogP) is -0.481. The summed E-state index contributed by atoms with van der Waals surface area (Å²) in [5.41, 5.74) is 0. The van der Waals surface area contributed by atoms with Crippen LogP contribution in [0.15, 0.2) is 0 Å². The van der Waals surface area contributed by atoms with Gasteiger partial charge in [-0.2, -0.15) is 0 Å². The lowest BCUT2D eigenvalue weighted by Crippen LogP contribution is -2.32. The van der Waals surface area contributed by atoms with E-state index >= 15 is 0 Å². The third kappa shape index (κ3) is 6.13. The summed E-state index contributed by atoms with van der Waals surface area (Å²) in [7, 11) is -4.05. The number of hydrogen-bond acceptors (Lipinski definition) is 2. The Morgan fingerprint density at radius 2 is 1.75 bits per heavy atom. The van der Waals surface area contributed by atoms with E-state index in [1.165, 1.54) is 6.26 Å². The smallest absolute Gasteiger partial charge is 0.202 e. The van der Waals surface area contributed by atoms with Crippen LogP contribution >= 0.6 is 0 Å². The van der Waals surface area contributed by atoms with Crippen molar-refractivity contribution in [3.05, 3.63) is 0 Å². The van der Waals surface area contributed by atoms with E-state index in [0.29, 0.717) is 0 Å². The molecule has 0 aliphatic carbocycles. The first-order valence-electron chi connectivity index (χ1n) is 2.39. The Bertz CT molecular complexity index is 151. The van der Waals surface area contributed by atoms with Gasteiger partial charge in [0.15, 0.2) is 0 Å². The summed E-state index contributed by atoms with van der Waals surface area (Å²) in [6, 6.07) is 0. The van der Waals surface area contributed by atoms with E-state index in [-0.39, 0.29) is 0 Å². The average Bonchev–Trinajstić information content (AvgIpc) is 1.21. The van der Waals surface area contributed by atoms with Gasteiger partial charge in [-0.25, -0.2) is 12.8 Å². The largest absolute Gasteiger partial charge is 0.241 e. The van der Waals surface area contributed by atoms with Crippen LogP contribution in [0.2, 0.25) is 13.1 Å². The molecular weight excluding hydrogens is 142 g/mol. The Kier molecular flexibility index (Phi) is 2.65. The molecule has 0 saturated heterocycles. The van der Waals surface area contributed by atoms with E-state index in [9.17, 15) is 8.42 Å². The normalized spacial score (nSPS) is 12.5. The Hall–Kier alpha value is 0.127. The van der Waals surface area contributed by atoms with Crippen LogP contribution in [-0.4, -0.2) is 23.6 Å². The molecule has 0 aliphatic heterocycles. The minimum atomic E-state index is -2.91. The van der Waals surface area contributed by atoms with Gasteiger partial charge in [-0.3, -0.25) is 0 Å². The van der Waals surface area contributed by atoms with Crippen molar-refractivity contribution in [2.45, 2.75) is 13.1 Å². The minimum absolute atomic E-state index is 1.13. The topological polar surface area (TPSA) is 46.2 Å². The van der Waals surface area contributed by atoms with Gasteiger partial charge >= 0.3 is 0 Å². The van der Waals surface area contributed by atoms with Crippen LogP contribution in [0.5, 0.6) is 0 Å². The van der Waals surface area contributed by atoms with Gasteiger partial charge in [0.25, 0.3) is 0 Å². The van der Waals surface area contributed by atoms with Crippen molar-refractivity contribution in [3.8, 4) is 0 Å². The summed E-state index contributed by atoms with van der Waals surface area (Å²) >= 11 is 0. The first-order chi connectivity index (χ1) is 3.42. The Balaban J connectivity index is 3.75. The third-order valence-electron chi connectivity index (χ3n) is 0.450. The highest BCUT2D eigenvalue weighted by atomic mass is 32.2. The van der Waals surface area contributed by atoms with Crippen LogP contribution in [0.25, 0.3) is 0 Å². The maximum absolute atomic E-state index is 10.4. The molecular formula is C3H11NO2SSi. The van der Waals surface area contributed by atoms with Gasteiger partial charge in [-0.15, -0.1) is 0 Å². The molecule has 0 spiro atoms. The monoisotopic (exact) mass is 153 g/mol. The molecule has 0 amide bonds. The fourth-order valence-electron chi connectivity index (χ4n) is 0.428. The molecule has 1 N–H and O–H groups in total. The van der Waals surface area contributed by atoms with E-state index in [1.54, 1.807) is 0 Å². The molecule has 0 heterocycles. The van der Waals surface area contributed by atoms with E-state index in [4.69, 9.17) is 0 Å². The summed E-state index contributed by atoms with van der Waals surface area (Å²) in [5.74, 6) is 0. The Morgan fingerprint density at radius 1 is 1.38 bits per heavy atom. The van der Waals surface area contributed by atoms with Crippen molar-refractivity contribution < 1.29 is 8.42 Å². The highest BCUT2D eigenvalue weighted by Gasteiger charge is 2.02. The van der Waals surface area contributed by atoms with Crippen LogP contribution in [0.1, 0.15) is 0 Å². The predicted molar refractivity (Wildman–Crippen MR) is 36.9 cm³/mol. The molecule has 0 bridgehead atoms. The first-order valence-corrected chi connectivity index (χ1v) is 7.17. The average molecular weight is 153 g/mol. The van der Waals surface area contributed by atoms with Gasteiger partial charge in [-0.05, 0) is 0 Å². The van der Waals surface area contributed by atoms with Gasteiger partial charge in [-0.1, -0.05) is 13.1 Å². The molecule has 0 saturated carbocycles. The minimum Gasteiger partial charge on any atom is -0.241 e. The summed E-state index contributed by atoms with van der Waals surface area (Å²) in [6.07, 6.45) is 1.18. The van der Waals surface area contributed by atoms with Crippen molar-refractivity contribution in [1.29, 1.82) is 0 Å². The molecule has 0 unspecified atom stereocenters. The van der Waals surface area contributed by atoms with Crippen LogP contribution < -0.4 is 4.39 Å².